The summed E-state index contributed by atoms with van der Waals surface area (Å²) < 4.78 is 13.5. The van der Waals surface area contributed by atoms with E-state index in [0.29, 0.717) is 17.7 Å². The van der Waals surface area contributed by atoms with Crippen LogP contribution in [0.15, 0.2) is 30.4 Å². The van der Waals surface area contributed by atoms with Crippen LogP contribution >= 0.6 is 0 Å². The molecule has 21 heavy (non-hydrogen) atoms. The molecule has 0 unspecified atom stereocenters. The molecule has 2 aliphatic rings. The Morgan fingerprint density at radius 1 is 1.24 bits per heavy atom. The Morgan fingerprint density at radius 3 is 2.52 bits per heavy atom. The molecule has 2 bridgehead atoms. The van der Waals surface area contributed by atoms with Gasteiger partial charge in [0.05, 0.1) is 5.92 Å². The molecule has 4 atom stereocenters. The molecule has 0 saturated heterocycles. The van der Waals surface area contributed by atoms with Crippen molar-refractivity contribution >= 4 is 17.6 Å². The first-order valence-electron chi connectivity index (χ1n) is 6.93. The summed E-state index contributed by atoms with van der Waals surface area (Å²) >= 11 is 0. The SMILES string of the molecule is Cc1ccc(NC(=O)[C@H]2[C@@H](C(=O)[O-])[C@H]3C=C[C@@H]2C3)cc1F. The van der Waals surface area contributed by atoms with E-state index >= 15 is 0 Å². The van der Waals surface area contributed by atoms with Crippen molar-refractivity contribution in [1.29, 1.82) is 0 Å². The molecule has 1 amide bonds. The van der Waals surface area contributed by atoms with Gasteiger partial charge in [0.1, 0.15) is 5.82 Å². The first kappa shape index (κ1) is 13.8. The molecule has 1 fully saturated rings. The van der Waals surface area contributed by atoms with Gasteiger partial charge in [-0.05, 0) is 42.9 Å². The van der Waals surface area contributed by atoms with Crippen molar-refractivity contribution < 1.29 is 19.1 Å². The van der Waals surface area contributed by atoms with Crippen LogP contribution in [-0.2, 0) is 9.59 Å². The third-order valence-electron chi connectivity index (χ3n) is 4.47. The van der Waals surface area contributed by atoms with E-state index in [0.717, 1.165) is 0 Å². The highest BCUT2D eigenvalue weighted by Gasteiger charge is 2.48. The minimum absolute atomic E-state index is 0.0757. The molecular formula is C16H15FNO3-. The summed E-state index contributed by atoms with van der Waals surface area (Å²) in [5.41, 5.74) is 0.829. The molecule has 1 N–H and O–H groups in total. The lowest BCUT2D eigenvalue weighted by Crippen LogP contribution is -2.42. The first-order valence-corrected chi connectivity index (χ1v) is 6.93. The van der Waals surface area contributed by atoms with Gasteiger partial charge in [-0.2, -0.15) is 0 Å². The molecule has 1 aromatic carbocycles. The Balaban J connectivity index is 1.80. The second kappa shape index (κ2) is 4.98. The molecule has 4 nitrogen and oxygen atoms in total. The maximum atomic E-state index is 13.5. The molecule has 0 spiro atoms. The molecule has 0 heterocycles. The Kier molecular flexibility index (Phi) is 3.27. The summed E-state index contributed by atoms with van der Waals surface area (Å²) in [5, 5.41) is 13.9. The van der Waals surface area contributed by atoms with Gasteiger partial charge in [0.25, 0.3) is 0 Å². The summed E-state index contributed by atoms with van der Waals surface area (Å²) in [6.45, 7) is 1.63. The van der Waals surface area contributed by atoms with E-state index in [1.165, 1.54) is 6.07 Å². The molecule has 1 saturated carbocycles. The normalized spacial score (nSPS) is 29.6. The van der Waals surface area contributed by atoms with E-state index in [-0.39, 0.29) is 17.7 Å². The van der Waals surface area contributed by atoms with Crippen LogP contribution in [0.25, 0.3) is 0 Å². The van der Waals surface area contributed by atoms with Crippen LogP contribution in [0.3, 0.4) is 0 Å². The summed E-state index contributed by atoms with van der Waals surface area (Å²) in [7, 11) is 0. The highest BCUT2D eigenvalue weighted by atomic mass is 19.1. The van der Waals surface area contributed by atoms with Gasteiger partial charge in [-0.25, -0.2) is 4.39 Å². The lowest BCUT2D eigenvalue weighted by molar-refractivity contribution is -0.313. The van der Waals surface area contributed by atoms with Crippen LogP contribution in [0, 0.1) is 36.4 Å². The van der Waals surface area contributed by atoms with Crippen molar-refractivity contribution in [1.82, 2.24) is 0 Å². The molecule has 1 aromatic rings. The van der Waals surface area contributed by atoms with E-state index in [1.54, 1.807) is 19.1 Å². The topological polar surface area (TPSA) is 69.2 Å². The largest absolute Gasteiger partial charge is 0.550 e. The summed E-state index contributed by atoms with van der Waals surface area (Å²) in [6.07, 6.45) is 4.41. The molecule has 2 aliphatic carbocycles. The number of carboxylic acid groups (broad SMARTS) is 1. The van der Waals surface area contributed by atoms with Gasteiger partial charge < -0.3 is 15.2 Å². The Labute approximate surface area is 121 Å². The highest BCUT2D eigenvalue weighted by molar-refractivity contribution is 5.96. The number of hydrogen-bond donors (Lipinski definition) is 1. The monoisotopic (exact) mass is 288 g/mol. The van der Waals surface area contributed by atoms with E-state index in [4.69, 9.17) is 0 Å². The van der Waals surface area contributed by atoms with Crippen molar-refractivity contribution in [3.63, 3.8) is 0 Å². The Bertz CT molecular complexity index is 640. The maximum absolute atomic E-state index is 13.5. The van der Waals surface area contributed by atoms with Gasteiger partial charge in [0.2, 0.25) is 5.91 Å². The van der Waals surface area contributed by atoms with Crippen LogP contribution in [0.5, 0.6) is 0 Å². The van der Waals surface area contributed by atoms with Crippen molar-refractivity contribution in [3.8, 4) is 0 Å². The zero-order valence-corrected chi connectivity index (χ0v) is 11.5. The van der Waals surface area contributed by atoms with Gasteiger partial charge in [-0.15, -0.1) is 0 Å². The van der Waals surface area contributed by atoms with Crippen molar-refractivity contribution in [3.05, 3.63) is 41.7 Å². The predicted octanol–water partition coefficient (Wildman–Crippen LogP) is 1.26. The number of fused-ring (bicyclic) bond motifs is 2. The second-order valence-corrected chi connectivity index (χ2v) is 5.77. The standard InChI is InChI=1S/C16H16FNO3/c1-8-2-5-11(7-12(8)17)18-15(19)13-9-3-4-10(6-9)14(13)16(20)21/h2-5,7,9-10,13-14H,6H2,1H3,(H,18,19)(H,20,21)/p-1/t9-,10+,13-,14+/m1/s1. The number of aliphatic carboxylic acids is 1. The average molecular weight is 288 g/mol. The van der Waals surface area contributed by atoms with Crippen LogP contribution in [0.2, 0.25) is 0 Å². The van der Waals surface area contributed by atoms with Gasteiger partial charge >= 0.3 is 0 Å². The van der Waals surface area contributed by atoms with Gasteiger partial charge in [0, 0.05) is 17.6 Å². The minimum Gasteiger partial charge on any atom is -0.550 e. The van der Waals surface area contributed by atoms with E-state index in [2.05, 4.69) is 5.32 Å². The van der Waals surface area contributed by atoms with Gasteiger partial charge in [-0.1, -0.05) is 18.2 Å². The summed E-state index contributed by atoms with van der Waals surface area (Å²) in [4.78, 5) is 23.6. The number of carbonyl (C=O) groups excluding carboxylic acids is 2. The third kappa shape index (κ3) is 2.33. The van der Waals surface area contributed by atoms with Crippen LogP contribution in [0.4, 0.5) is 10.1 Å². The fraction of sp³-hybridized carbons (Fsp3) is 0.375. The molecule has 0 aliphatic heterocycles. The summed E-state index contributed by atoms with van der Waals surface area (Å²) in [5.74, 6) is -3.63. The number of hydrogen-bond acceptors (Lipinski definition) is 3. The first-order chi connectivity index (χ1) is 9.97. The molecule has 3 rings (SSSR count). The van der Waals surface area contributed by atoms with Crippen molar-refractivity contribution in [2.24, 2.45) is 23.7 Å². The Hall–Kier alpha value is -2.17. The van der Waals surface area contributed by atoms with Gasteiger partial charge in [-0.3, -0.25) is 4.79 Å². The van der Waals surface area contributed by atoms with E-state index in [1.807, 2.05) is 12.2 Å². The number of allylic oxidation sites excluding steroid dienone is 2. The number of halogens is 1. The minimum atomic E-state index is -1.19. The zero-order valence-electron chi connectivity index (χ0n) is 11.5. The number of aryl methyl sites for hydroxylation is 1. The fourth-order valence-corrected chi connectivity index (χ4v) is 3.40. The van der Waals surface area contributed by atoms with Gasteiger partial charge in [0.15, 0.2) is 0 Å². The number of carbonyl (C=O) groups is 2. The van der Waals surface area contributed by atoms with Crippen LogP contribution in [-0.4, -0.2) is 11.9 Å². The summed E-state index contributed by atoms with van der Waals surface area (Å²) in [6, 6.07) is 4.42. The smallest absolute Gasteiger partial charge is 0.228 e. The molecule has 0 aromatic heterocycles. The lowest BCUT2D eigenvalue weighted by atomic mass is 9.82. The zero-order chi connectivity index (χ0) is 15.1. The van der Waals surface area contributed by atoms with Crippen LogP contribution < -0.4 is 10.4 Å². The van der Waals surface area contributed by atoms with E-state index < -0.39 is 23.6 Å². The number of carboxylic acids is 1. The van der Waals surface area contributed by atoms with E-state index in [9.17, 15) is 19.1 Å². The maximum Gasteiger partial charge on any atom is 0.228 e. The number of benzene rings is 1. The fourth-order valence-electron chi connectivity index (χ4n) is 3.40. The highest BCUT2D eigenvalue weighted by Crippen LogP contribution is 2.48. The predicted molar refractivity (Wildman–Crippen MR) is 72.5 cm³/mol. The molecule has 110 valence electrons. The van der Waals surface area contributed by atoms with Crippen molar-refractivity contribution in [2.75, 3.05) is 5.32 Å². The quantitative estimate of drug-likeness (QED) is 0.851. The van der Waals surface area contributed by atoms with Crippen LogP contribution in [0.1, 0.15) is 12.0 Å². The molecule has 0 radical (unpaired) electrons. The number of anilines is 1. The van der Waals surface area contributed by atoms with Crippen molar-refractivity contribution in [2.45, 2.75) is 13.3 Å². The Morgan fingerprint density at radius 2 is 1.90 bits per heavy atom. The number of nitrogens with one attached hydrogen (secondary N) is 1. The molecule has 5 heteroatoms. The average Bonchev–Trinajstić information content (AvgIpc) is 3.03. The second-order valence-electron chi connectivity index (χ2n) is 5.77. The number of rotatable bonds is 3. The molecular weight excluding hydrogens is 273 g/mol. The number of amides is 1. The third-order valence-corrected chi connectivity index (χ3v) is 4.47. The lowest BCUT2D eigenvalue weighted by Gasteiger charge is -2.27.